The molecule has 22 heavy (non-hydrogen) atoms. The summed E-state index contributed by atoms with van der Waals surface area (Å²) < 4.78 is 0. The Balaban J connectivity index is 1.44. The molecule has 112 valence electrons. The molecular weight excluding hydrogens is 274 g/mol. The fourth-order valence-electron chi connectivity index (χ4n) is 3.64. The Labute approximate surface area is 130 Å². The van der Waals surface area contributed by atoms with Crippen molar-refractivity contribution in [1.82, 2.24) is 9.88 Å². The topological polar surface area (TPSA) is 36.4 Å². The number of hydrogen-bond donors (Lipinski definition) is 0. The normalized spacial score (nSPS) is 24.7. The lowest BCUT2D eigenvalue weighted by Gasteiger charge is -2.21. The first kappa shape index (κ1) is 13.5. The first-order valence-electron chi connectivity index (χ1n) is 7.80. The van der Waals surface area contributed by atoms with Crippen molar-refractivity contribution in [2.75, 3.05) is 24.5 Å². The molecule has 4 nitrogen and oxygen atoms in total. The van der Waals surface area contributed by atoms with Crippen LogP contribution in [0, 0.1) is 11.8 Å². The van der Waals surface area contributed by atoms with Gasteiger partial charge in [-0.1, -0.05) is 24.3 Å². The molecule has 2 unspecified atom stereocenters. The Morgan fingerprint density at radius 1 is 1.00 bits per heavy atom. The number of anilines is 1. The van der Waals surface area contributed by atoms with Crippen molar-refractivity contribution < 1.29 is 4.79 Å². The molecule has 2 fully saturated rings. The van der Waals surface area contributed by atoms with E-state index in [2.05, 4.69) is 9.88 Å². The fourth-order valence-corrected chi connectivity index (χ4v) is 3.64. The molecule has 0 aliphatic carbocycles. The third kappa shape index (κ3) is 2.40. The summed E-state index contributed by atoms with van der Waals surface area (Å²) in [5.74, 6) is 0.861. The van der Waals surface area contributed by atoms with Crippen LogP contribution in [0.5, 0.6) is 0 Å². The SMILES string of the molecule is O=C1C2CN(Cc3ccccn3)CC2CN1c1ccccc1. The second-order valence-corrected chi connectivity index (χ2v) is 6.17. The lowest BCUT2D eigenvalue weighted by Crippen LogP contribution is -2.32. The summed E-state index contributed by atoms with van der Waals surface area (Å²) in [4.78, 5) is 21.4. The van der Waals surface area contributed by atoms with Gasteiger partial charge in [0, 0.05) is 44.0 Å². The molecule has 0 bridgehead atoms. The fraction of sp³-hybridized carbons (Fsp3) is 0.333. The third-order valence-electron chi connectivity index (χ3n) is 4.70. The van der Waals surface area contributed by atoms with Crippen LogP contribution in [-0.2, 0) is 11.3 Å². The summed E-state index contributed by atoms with van der Waals surface area (Å²) in [6.07, 6.45) is 1.83. The van der Waals surface area contributed by atoms with E-state index in [1.165, 1.54) is 0 Å². The van der Waals surface area contributed by atoms with E-state index in [1.807, 2.05) is 59.6 Å². The van der Waals surface area contributed by atoms with Crippen molar-refractivity contribution in [1.29, 1.82) is 0 Å². The molecule has 0 spiro atoms. The Morgan fingerprint density at radius 3 is 2.55 bits per heavy atom. The van der Waals surface area contributed by atoms with Gasteiger partial charge in [-0.2, -0.15) is 0 Å². The first-order valence-corrected chi connectivity index (χ1v) is 7.80. The van der Waals surface area contributed by atoms with Crippen molar-refractivity contribution in [2.24, 2.45) is 11.8 Å². The van der Waals surface area contributed by atoms with Crippen LogP contribution < -0.4 is 4.90 Å². The quantitative estimate of drug-likeness (QED) is 0.870. The monoisotopic (exact) mass is 293 g/mol. The van der Waals surface area contributed by atoms with Crippen molar-refractivity contribution >= 4 is 11.6 Å². The van der Waals surface area contributed by atoms with Crippen molar-refractivity contribution in [3.63, 3.8) is 0 Å². The number of rotatable bonds is 3. The van der Waals surface area contributed by atoms with Gasteiger partial charge in [0.25, 0.3) is 0 Å². The van der Waals surface area contributed by atoms with Gasteiger partial charge in [0.2, 0.25) is 5.91 Å². The minimum absolute atomic E-state index is 0.143. The van der Waals surface area contributed by atoms with Crippen LogP contribution in [0.1, 0.15) is 5.69 Å². The number of pyridine rings is 1. The van der Waals surface area contributed by atoms with Crippen LogP contribution >= 0.6 is 0 Å². The lowest BCUT2D eigenvalue weighted by molar-refractivity contribution is -0.120. The number of amides is 1. The Bertz CT molecular complexity index is 659. The first-order chi connectivity index (χ1) is 10.8. The molecule has 1 aromatic carbocycles. The minimum Gasteiger partial charge on any atom is -0.312 e. The summed E-state index contributed by atoms with van der Waals surface area (Å²) >= 11 is 0. The Kier molecular flexibility index (Phi) is 3.39. The number of aromatic nitrogens is 1. The second-order valence-electron chi connectivity index (χ2n) is 6.17. The zero-order valence-corrected chi connectivity index (χ0v) is 12.4. The summed E-state index contributed by atoms with van der Waals surface area (Å²) in [6.45, 7) is 3.51. The van der Waals surface area contributed by atoms with Gasteiger partial charge in [-0.3, -0.25) is 14.7 Å². The van der Waals surface area contributed by atoms with E-state index in [9.17, 15) is 4.79 Å². The van der Waals surface area contributed by atoms with Gasteiger partial charge in [-0.05, 0) is 24.3 Å². The number of carbonyl (C=O) groups excluding carboxylic acids is 1. The number of likely N-dealkylation sites (tertiary alicyclic amines) is 1. The summed E-state index contributed by atoms with van der Waals surface area (Å²) in [7, 11) is 0. The van der Waals surface area contributed by atoms with E-state index in [1.54, 1.807) is 0 Å². The van der Waals surface area contributed by atoms with Gasteiger partial charge in [0.05, 0.1) is 11.6 Å². The molecule has 2 aliphatic heterocycles. The van der Waals surface area contributed by atoms with Gasteiger partial charge >= 0.3 is 0 Å². The zero-order valence-electron chi connectivity index (χ0n) is 12.4. The van der Waals surface area contributed by atoms with Gasteiger partial charge in [0.15, 0.2) is 0 Å². The highest BCUT2D eigenvalue weighted by molar-refractivity contribution is 5.98. The highest BCUT2D eigenvalue weighted by Crippen LogP contribution is 2.35. The van der Waals surface area contributed by atoms with Crippen LogP contribution in [0.4, 0.5) is 5.69 Å². The van der Waals surface area contributed by atoms with Gasteiger partial charge in [0.1, 0.15) is 0 Å². The average Bonchev–Trinajstić information content (AvgIpc) is 3.08. The summed E-state index contributed by atoms with van der Waals surface area (Å²) in [6, 6.07) is 16.0. The third-order valence-corrected chi connectivity index (χ3v) is 4.70. The van der Waals surface area contributed by atoms with Crippen LogP contribution in [-0.4, -0.2) is 35.4 Å². The molecule has 3 heterocycles. The molecule has 1 aromatic heterocycles. The molecule has 2 aliphatic rings. The molecule has 1 amide bonds. The summed E-state index contributed by atoms with van der Waals surface area (Å²) in [5.41, 5.74) is 2.10. The van der Waals surface area contributed by atoms with Crippen LogP contribution in [0.25, 0.3) is 0 Å². The molecule has 0 N–H and O–H groups in total. The molecule has 2 saturated heterocycles. The van der Waals surface area contributed by atoms with E-state index in [0.717, 1.165) is 37.6 Å². The molecule has 4 rings (SSSR count). The van der Waals surface area contributed by atoms with Crippen LogP contribution in [0.2, 0.25) is 0 Å². The average molecular weight is 293 g/mol. The maximum Gasteiger partial charge on any atom is 0.231 e. The number of hydrogen-bond acceptors (Lipinski definition) is 3. The van der Waals surface area contributed by atoms with Gasteiger partial charge in [-0.15, -0.1) is 0 Å². The summed E-state index contributed by atoms with van der Waals surface area (Å²) in [5, 5.41) is 0. The maximum absolute atomic E-state index is 12.7. The van der Waals surface area contributed by atoms with E-state index in [0.29, 0.717) is 5.92 Å². The van der Waals surface area contributed by atoms with E-state index >= 15 is 0 Å². The molecule has 0 radical (unpaired) electrons. The minimum atomic E-state index is 0.143. The van der Waals surface area contributed by atoms with Crippen molar-refractivity contribution in [3.8, 4) is 0 Å². The number of nitrogens with zero attached hydrogens (tertiary/aromatic N) is 3. The predicted octanol–water partition coefficient (Wildman–Crippen LogP) is 2.18. The number of para-hydroxylation sites is 1. The van der Waals surface area contributed by atoms with E-state index in [4.69, 9.17) is 0 Å². The van der Waals surface area contributed by atoms with Crippen molar-refractivity contribution in [2.45, 2.75) is 6.54 Å². The number of fused-ring (bicyclic) bond motifs is 1. The highest BCUT2D eigenvalue weighted by Gasteiger charge is 2.46. The zero-order chi connectivity index (χ0) is 14.9. The maximum atomic E-state index is 12.7. The van der Waals surface area contributed by atoms with Crippen molar-refractivity contribution in [3.05, 3.63) is 60.4 Å². The highest BCUT2D eigenvalue weighted by atomic mass is 16.2. The largest absolute Gasteiger partial charge is 0.312 e. The van der Waals surface area contributed by atoms with E-state index < -0.39 is 0 Å². The lowest BCUT2D eigenvalue weighted by atomic mass is 10.0. The molecule has 4 heteroatoms. The molecule has 2 atom stereocenters. The van der Waals surface area contributed by atoms with Gasteiger partial charge < -0.3 is 4.90 Å². The van der Waals surface area contributed by atoms with Gasteiger partial charge in [-0.25, -0.2) is 0 Å². The molecule has 0 saturated carbocycles. The molecule has 2 aromatic rings. The van der Waals surface area contributed by atoms with Crippen LogP contribution in [0.15, 0.2) is 54.7 Å². The Hall–Kier alpha value is -2.20. The number of benzene rings is 1. The molecular formula is C18H19N3O. The second kappa shape index (κ2) is 5.54. The smallest absolute Gasteiger partial charge is 0.231 e. The van der Waals surface area contributed by atoms with Crippen LogP contribution in [0.3, 0.4) is 0 Å². The van der Waals surface area contributed by atoms with E-state index in [-0.39, 0.29) is 11.8 Å². The standard InChI is InChI=1S/C18H19N3O/c22-18-17-13-20(12-15-6-4-5-9-19-15)10-14(17)11-21(18)16-7-2-1-3-8-16/h1-9,14,17H,10-13H2. The Morgan fingerprint density at radius 2 is 1.82 bits per heavy atom. The number of carbonyl (C=O) groups is 1. The predicted molar refractivity (Wildman–Crippen MR) is 85.3 cm³/mol.